The molecule has 0 aromatic carbocycles. The summed E-state index contributed by atoms with van der Waals surface area (Å²) >= 11 is 0. The maximum absolute atomic E-state index is 7.57. The van der Waals surface area contributed by atoms with Crippen molar-refractivity contribution < 1.29 is 5.11 Å². The molecule has 10 heavy (non-hydrogen) atoms. The number of unbranched alkanes of at least 4 members (excludes halogenated alkanes) is 2. The molecule has 0 fully saturated rings. The zero-order valence-electron chi connectivity index (χ0n) is 7.43. The molecule has 0 aromatic rings. The van der Waals surface area contributed by atoms with Gasteiger partial charge in [0.1, 0.15) is 0 Å². The molecule has 0 amide bonds. The molecule has 0 radical (unpaired) electrons. The summed E-state index contributed by atoms with van der Waals surface area (Å²) in [5, 5.41) is 7.57. The third-order valence-corrected chi connectivity index (χ3v) is 0.960. The molecule has 0 spiro atoms. The van der Waals surface area contributed by atoms with E-state index >= 15 is 0 Å². The summed E-state index contributed by atoms with van der Waals surface area (Å²) in [7, 11) is 0. The van der Waals surface area contributed by atoms with E-state index in [0.717, 1.165) is 0 Å². The highest BCUT2D eigenvalue weighted by molar-refractivity contribution is 4.75. The van der Waals surface area contributed by atoms with Crippen LogP contribution < -0.4 is 0 Å². The minimum atomic E-state index is 0.250. The molecular formula is C9H20O. The van der Waals surface area contributed by atoms with Crippen LogP contribution in [0.5, 0.6) is 0 Å². The summed E-state index contributed by atoms with van der Waals surface area (Å²) in [5.74, 6) is 0. The molecule has 0 saturated carbocycles. The number of hydrogen-bond acceptors (Lipinski definition) is 1. The van der Waals surface area contributed by atoms with Gasteiger partial charge in [-0.3, -0.25) is 0 Å². The quantitative estimate of drug-likeness (QED) is 0.477. The van der Waals surface area contributed by atoms with E-state index in [0.29, 0.717) is 0 Å². The molecule has 0 aliphatic heterocycles. The lowest BCUT2D eigenvalue weighted by molar-refractivity contribution is 0.318. The second-order valence-electron chi connectivity index (χ2n) is 2.03. The van der Waals surface area contributed by atoms with Gasteiger partial charge in [-0.25, -0.2) is 0 Å². The Morgan fingerprint density at radius 2 is 1.80 bits per heavy atom. The van der Waals surface area contributed by atoms with Gasteiger partial charge in [-0.1, -0.05) is 31.9 Å². The summed E-state index contributed by atoms with van der Waals surface area (Å²) in [6.45, 7) is 6.21. The van der Waals surface area contributed by atoms with Gasteiger partial charge in [-0.15, -0.1) is 0 Å². The fourth-order valence-electron chi connectivity index (χ4n) is 0.489. The number of allylic oxidation sites excluding steroid dienone is 2. The van der Waals surface area contributed by atoms with E-state index in [9.17, 15) is 0 Å². The van der Waals surface area contributed by atoms with Crippen molar-refractivity contribution in [2.24, 2.45) is 0 Å². The Hall–Kier alpha value is -0.300. The fourth-order valence-corrected chi connectivity index (χ4v) is 0.489. The summed E-state index contributed by atoms with van der Waals surface area (Å²) in [5.41, 5.74) is 0. The van der Waals surface area contributed by atoms with Crippen molar-refractivity contribution in [1.82, 2.24) is 0 Å². The van der Waals surface area contributed by atoms with E-state index in [-0.39, 0.29) is 6.61 Å². The summed E-state index contributed by atoms with van der Waals surface area (Å²) < 4.78 is 0. The minimum Gasteiger partial charge on any atom is -0.397 e. The Bertz CT molecular complexity index is 57.7. The van der Waals surface area contributed by atoms with Crippen molar-refractivity contribution in [2.75, 3.05) is 6.61 Å². The highest BCUT2D eigenvalue weighted by Crippen LogP contribution is 1.93. The Morgan fingerprint density at radius 3 is 2.10 bits per heavy atom. The van der Waals surface area contributed by atoms with Crippen molar-refractivity contribution in [1.29, 1.82) is 0 Å². The average molecular weight is 144 g/mol. The monoisotopic (exact) mass is 144 g/mol. The van der Waals surface area contributed by atoms with Crippen LogP contribution in [-0.2, 0) is 0 Å². The SMILES string of the molecule is CC=CCCCC.CCO. The number of rotatable bonds is 3. The van der Waals surface area contributed by atoms with Gasteiger partial charge >= 0.3 is 0 Å². The maximum atomic E-state index is 7.57. The Morgan fingerprint density at radius 1 is 1.30 bits per heavy atom. The number of aliphatic hydroxyl groups excluding tert-OH is 1. The van der Waals surface area contributed by atoms with Crippen molar-refractivity contribution in [3.63, 3.8) is 0 Å². The average Bonchev–Trinajstić information content (AvgIpc) is 1.91. The molecule has 0 heterocycles. The van der Waals surface area contributed by atoms with Gasteiger partial charge in [0.05, 0.1) is 0 Å². The molecule has 0 rings (SSSR count). The van der Waals surface area contributed by atoms with Gasteiger partial charge in [0.15, 0.2) is 0 Å². The zero-order valence-corrected chi connectivity index (χ0v) is 7.43. The van der Waals surface area contributed by atoms with Crippen LogP contribution >= 0.6 is 0 Å². The smallest absolute Gasteiger partial charge is 0.0402 e. The van der Waals surface area contributed by atoms with E-state index in [4.69, 9.17) is 5.11 Å². The molecule has 1 heteroatoms. The standard InChI is InChI=1S/C7H14.C2H6O/c1-3-5-7-6-4-2;1-2-3/h3,5H,4,6-7H2,1-2H3;3H,2H2,1H3. The first-order chi connectivity index (χ1) is 4.83. The highest BCUT2D eigenvalue weighted by Gasteiger charge is 1.73. The lowest BCUT2D eigenvalue weighted by Gasteiger charge is -1.83. The van der Waals surface area contributed by atoms with Crippen molar-refractivity contribution >= 4 is 0 Å². The molecule has 0 unspecified atom stereocenters. The molecule has 1 N–H and O–H groups in total. The van der Waals surface area contributed by atoms with Gasteiger partial charge < -0.3 is 5.11 Å². The second kappa shape index (κ2) is 15.9. The van der Waals surface area contributed by atoms with Crippen LogP contribution in [0, 0.1) is 0 Å². The van der Waals surface area contributed by atoms with Crippen molar-refractivity contribution in [3.8, 4) is 0 Å². The molecule has 1 nitrogen and oxygen atoms in total. The molecule has 0 aliphatic carbocycles. The molecule has 0 saturated heterocycles. The van der Waals surface area contributed by atoms with Crippen LogP contribution in [0.15, 0.2) is 12.2 Å². The predicted molar refractivity (Wildman–Crippen MR) is 47.1 cm³/mol. The maximum Gasteiger partial charge on any atom is 0.0402 e. The lowest BCUT2D eigenvalue weighted by Crippen LogP contribution is -1.63. The van der Waals surface area contributed by atoms with E-state index < -0.39 is 0 Å². The minimum absolute atomic E-state index is 0.250. The summed E-state index contributed by atoms with van der Waals surface area (Å²) in [6, 6.07) is 0. The normalized spacial score (nSPS) is 9.20. The Balaban J connectivity index is 0. The van der Waals surface area contributed by atoms with E-state index in [1.165, 1.54) is 19.3 Å². The third-order valence-electron chi connectivity index (χ3n) is 0.960. The molecule has 0 aliphatic rings. The number of aliphatic hydroxyl groups is 1. The summed E-state index contributed by atoms with van der Waals surface area (Å²) in [4.78, 5) is 0. The van der Waals surface area contributed by atoms with Crippen LogP contribution in [0.1, 0.15) is 40.0 Å². The molecule has 0 aromatic heterocycles. The van der Waals surface area contributed by atoms with E-state index in [1.54, 1.807) is 6.92 Å². The van der Waals surface area contributed by atoms with Gasteiger partial charge in [-0.2, -0.15) is 0 Å². The van der Waals surface area contributed by atoms with Crippen LogP contribution in [-0.4, -0.2) is 11.7 Å². The first-order valence-corrected chi connectivity index (χ1v) is 4.05. The lowest BCUT2D eigenvalue weighted by atomic mass is 10.2. The van der Waals surface area contributed by atoms with Gasteiger partial charge in [-0.05, 0) is 20.3 Å². The van der Waals surface area contributed by atoms with Crippen LogP contribution in [0.25, 0.3) is 0 Å². The van der Waals surface area contributed by atoms with Crippen LogP contribution in [0.4, 0.5) is 0 Å². The van der Waals surface area contributed by atoms with E-state index in [1.807, 2.05) is 0 Å². The van der Waals surface area contributed by atoms with Crippen LogP contribution in [0.3, 0.4) is 0 Å². The van der Waals surface area contributed by atoms with Gasteiger partial charge in [0.25, 0.3) is 0 Å². The fraction of sp³-hybridized carbons (Fsp3) is 0.778. The third kappa shape index (κ3) is 25.2. The zero-order chi connectivity index (χ0) is 8.24. The molecule has 0 bridgehead atoms. The predicted octanol–water partition coefficient (Wildman–Crippen LogP) is 2.75. The van der Waals surface area contributed by atoms with Crippen molar-refractivity contribution in [2.45, 2.75) is 40.0 Å². The van der Waals surface area contributed by atoms with Gasteiger partial charge in [0, 0.05) is 6.61 Å². The summed E-state index contributed by atoms with van der Waals surface area (Å²) in [6.07, 6.45) is 8.22. The highest BCUT2D eigenvalue weighted by atomic mass is 16.2. The molecule has 62 valence electrons. The largest absolute Gasteiger partial charge is 0.397 e. The molecular weight excluding hydrogens is 124 g/mol. The Labute approximate surface area is 64.8 Å². The van der Waals surface area contributed by atoms with Gasteiger partial charge in [0.2, 0.25) is 0 Å². The first-order valence-electron chi connectivity index (χ1n) is 4.05. The van der Waals surface area contributed by atoms with E-state index in [2.05, 4.69) is 26.0 Å². The molecule has 0 atom stereocenters. The first kappa shape index (κ1) is 12.4. The second-order valence-corrected chi connectivity index (χ2v) is 2.03. The van der Waals surface area contributed by atoms with Crippen molar-refractivity contribution in [3.05, 3.63) is 12.2 Å². The Kier molecular flexibility index (Phi) is 19.7. The number of hydrogen-bond donors (Lipinski definition) is 1. The topological polar surface area (TPSA) is 20.2 Å². The van der Waals surface area contributed by atoms with Crippen LogP contribution in [0.2, 0.25) is 0 Å².